The Labute approximate surface area is 139 Å². The minimum atomic E-state index is 0. The minimum absolute atomic E-state index is 0. The van der Waals surface area contributed by atoms with Gasteiger partial charge in [0.25, 0.3) is 0 Å². The predicted octanol–water partition coefficient (Wildman–Crippen LogP) is 4.65. The molecule has 0 saturated heterocycles. The molecule has 2 heterocycles. The Morgan fingerprint density at radius 3 is 2.41 bits per heavy atom. The van der Waals surface area contributed by atoms with Crippen LogP contribution in [0.4, 0.5) is 0 Å². The summed E-state index contributed by atoms with van der Waals surface area (Å²) in [4.78, 5) is 9.43. The maximum Gasteiger partial charge on any atom is 0.0775 e. The quantitative estimate of drug-likeness (QED) is 0.307. The van der Waals surface area contributed by atoms with Crippen LogP contribution in [0.2, 0.25) is 0 Å². The van der Waals surface area contributed by atoms with Crippen LogP contribution in [0.1, 0.15) is 0 Å². The molecule has 3 aromatic carbocycles. The van der Waals surface area contributed by atoms with E-state index >= 15 is 0 Å². The zero-order valence-electron chi connectivity index (χ0n) is 11.7. The summed E-state index contributed by atoms with van der Waals surface area (Å²) in [6, 6.07) is 21.1. The normalized spacial score (nSPS) is 11.3. The third-order valence-corrected chi connectivity index (χ3v) is 4.13. The molecule has 1 radical (unpaired) electrons. The van der Waals surface area contributed by atoms with Crippen molar-refractivity contribution < 1.29 is 18.6 Å². The van der Waals surface area contributed by atoms with Gasteiger partial charge in [0.1, 0.15) is 0 Å². The molecule has 0 aliphatic carbocycles. The van der Waals surface area contributed by atoms with E-state index in [-0.39, 0.29) is 18.6 Å². The third-order valence-electron chi connectivity index (χ3n) is 4.13. The average Bonchev–Trinajstić information content (AvgIpc) is 3.01. The Balaban J connectivity index is 0.00000125. The van der Waals surface area contributed by atoms with Gasteiger partial charge in [0.05, 0.1) is 11.0 Å². The zero-order valence-corrected chi connectivity index (χ0v) is 13.1. The predicted molar refractivity (Wildman–Crippen MR) is 87.6 cm³/mol. The Kier molecular flexibility index (Phi) is 2.96. The first-order chi connectivity index (χ1) is 10.4. The summed E-state index contributed by atoms with van der Waals surface area (Å²) in [5.74, 6) is 0. The van der Waals surface area contributed by atoms with Crippen LogP contribution in [0.5, 0.6) is 0 Å². The van der Waals surface area contributed by atoms with Crippen LogP contribution in [0, 0.1) is 0 Å². The number of para-hydroxylation sites is 1. The van der Waals surface area contributed by atoms with Gasteiger partial charge < -0.3 is 4.98 Å². The Morgan fingerprint density at radius 2 is 1.50 bits per heavy atom. The molecular weight excluding hydrogens is 307 g/mol. The molecule has 0 saturated carbocycles. The van der Waals surface area contributed by atoms with Crippen LogP contribution >= 0.6 is 0 Å². The maximum absolute atomic E-state index is 4.90. The van der Waals surface area contributed by atoms with E-state index in [1.807, 2.05) is 18.3 Å². The van der Waals surface area contributed by atoms with Gasteiger partial charge in [0, 0.05) is 29.3 Å². The number of nitrogens with zero attached hydrogens (tertiary/aromatic N) is 2. The number of pyridine rings is 1. The zero-order chi connectivity index (χ0) is 13.8. The van der Waals surface area contributed by atoms with Gasteiger partial charge in [0.15, 0.2) is 0 Å². The van der Waals surface area contributed by atoms with Crippen LogP contribution in [0.15, 0.2) is 66.9 Å². The number of hydrogen-bond acceptors (Lipinski definition) is 1. The molecule has 0 aliphatic heterocycles. The van der Waals surface area contributed by atoms with E-state index in [1.54, 1.807) is 0 Å². The molecule has 0 atom stereocenters. The molecule has 0 amide bonds. The summed E-state index contributed by atoms with van der Waals surface area (Å²) in [6.45, 7) is 0. The Hall–Kier alpha value is -2.29. The van der Waals surface area contributed by atoms with Gasteiger partial charge in [-0.25, -0.2) is 4.98 Å². The summed E-state index contributed by atoms with van der Waals surface area (Å²) in [5.41, 5.74) is 3.11. The van der Waals surface area contributed by atoms with Crippen LogP contribution in [0.3, 0.4) is 0 Å². The van der Waals surface area contributed by atoms with Gasteiger partial charge in [0.2, 0.25) is 0 Å². The molecular formula is C19H11N2V-. The van der Waals surface area contributed by atoms with Crippen molar-refractivity contribution in [2.45, 2.75) is 0 Å². The van der Waals surface area contributed by atoms with Crippen molar-refractivity contribution in [2.24, 2.45) is 0 Å². The third kappa shape index (κ3) is 1.78. The molecule has 3 heteroatoms. The second kappa shape index (κ2) is 4.87. The van der Waals surface area contributed by atoms with Crippen molar-refractivity contribution in [1.29, 1.82) is 0 Å². The van der Waals surface area contributed by atoms with Crippen molar-refractivity contribution in [3.63, 3.8) is 0 Å². The van der Waals surface area contributed by atoms with E-state index < -0.39 is 0 Å². The van der Waals surface area contributed by atoms with E-state index in [0.717, 1.165) is 27.3 Å². The molecule has 103 valence electrons. The fraction of sp³-hybridized carbons (Fsp3) is 0. The second-order valence-corrected chi connectivity index (χ2v) is 5.36. The van der Waals surface area contributed by atoms with Crippen molar-refractivity contribution >= 4 is 43.5 Å². The topological polar surface area (TPSA) is 27.0 Å². The number of aromatic nitrogens is 2. The molecule has 22 heavy (non-hydrogen) atoms. The fourth-order valence-corrected chi connectivity index (χ4v) is 3.12. The van der Waals surface area contributed by atoms with Gasteiger partial charge in [-0.2, -0.15) is 6.20 Å². The first-order valence-corrected chi connectivity index (χ1v) is 7.03. The molecule has 0 fully saturated rings. The number of rotatable bonds is 0. The van der Waals surface area contributed by atoms with Gasteiger partial charge in [-0.3, -0.25) is 0 Å². The number of hydrogen-bond donors (Lipinski definition) is 0. The molecule has 5 aromatic rings. The van der Waals surface area contributed by atoms with Gasteiger partial charge in [-0.15, -0.1) is 5.52 Å². The minimum Gasteiger partial charge on any atom is -0.663 e. The second-order valence-electron chi connectivity index (χ2n) is 5.36. The van der Waals surface area contributed by atoms with E-state index in [2.05, 4.69) is 53.5 Å². The number of benzene rings is 3. The molecule has 2 nitrogen and oxygen atoms in total. The molecule has 0 unspecified atom stereocenters. The van der Waals surface area contributed by atoms with Crippen LogP contribution in [0.25, 0.3) is 43.5 Å². The van der Waals surface area contributed by atoms with Crippen LogP contribution < -0.4 is 4.98 Å². The molecule has 0 aliphatic rings. The van der Waals surface area contributed by atoms with E-state index in [1.165, 1.54) is 16.2 Å². The molecule has 0 spiro atoms. The SMILES string of the molecule is [V].c1ccc2nc3c(ccc4ccc5cc[n-]c5c43)cc2c1. The van der Waals surface area contributed by atoms with Gasteiger partial charge in [-0.05, 0) is 28.3 Å². The van der Waals surface area contributed by atoms with Gasteiger partial charge >= 0.3 is 0 Å². The molecule has 5 rings (SSSR count). The fourth-order valence-electron chi connectivity index (χ4n) is 3.12. The Bertz CT molecular complexity index is 1140. The summed E-state index contributed by atoms with van der Waals surface area (Å²) in [7, 11) is 0. The maximum atomic E-state index is 4.90. The summed E-state index contributed by atoms with van der Waals surface area (Å²) < 4.78 is 0. The molecule has 0 N–H and O–H groups in total. The molecule has 2 aromatic heterocycles. The summed E-state index contributed by atoms with van der Waals surface area (Å²) >= 11 is 0. The van der Waals surface area contributed by atoms with E-state index in [0.29, 0.717) is 0 Å². The summed E-state index contributed by atoms with van der Waals surface area (Å²) in [6.07, 6.45) is 1.87. The standard InChI is InChI=1S/C19H11N2.V/c1-2-4-16-14(3-1)11-15-8-6-12-5-7-13-9-10-20-18(13)17(12)19(15)21-16;/h1-11H;/q-1;. The van der Waals surface area contributed by atoms with Gasteiger partial charge in [-0.1, -0.05) is 48.5 Å². The molecule has 0 bridgehead atoms. The van der Waals surface area contributed by atoms with Crippen LogP contribution in [-0.2, 0) is 18.6 Å². The monoisotopic (exact) mass is 318 g/mol. The van der Waals surface area contributed by atoms with Crippen molar-refractivity contribution in [3.05, 3.63) is 66.9 Å². The van der Waals surface area contributed by atoms with Crippen molar-refractivity contribution in [3.8, 4) is 0 Å². The summed E-state index contributed by atoms with van der Waals surface area (Å²) in [5, 5.41) is 5.85. The average molecular weight is 318 g/mol. The largest absolute Gasteiger partial charge is 0.663 e. The van der Waals surface area contributed by atoms with E-state index in [4.69, 9.17) is 4.98 Å². The van der Waals surface area contributed by atoms with Crippen LogP contribution in [-0.4, -0.2) is 4.98 Å². The smallest absolute Gasteiger partial charge is 0.0775 e. The van der Waals surface area contributed by atoms with Crippen molar-refractivity contribution in [1.82, 2.24) is 9.97 Å². The first-order valence-electron chi connectivity index (χ1n) is 7.03. The van der Waals surface area contributed by atoms with Crippen molar-refractivity contribution in [2.75, 3.05) is 0 Å². The first kappa shape index (κ1) is 13.4. The Morgan fingerprint density at radius 1 is 0.727 bits per heavy atom. The number of fused-ring (bicyclic) bond motifs is 6. The van der Waals surface area contributed by atoms with E-state index in [9.17, 15) is 0 Å².